The average Bonchev–Trinajstić information content (AvgIpc) is 2.62. The molecule has 1 aromatic rings. The molecule has 2 nitrogen and oxygen atoms in total. The van der Waals surface area contributed by atoms with Crippen LogP contribution in [0.3, 0.4) is 0 Å². The Bertz CT molecular complexity index is 672. The van der Waals surface area contributed by atoms with Crippen molar-refractivity contribution in [3.05, 3.63) is 51.9 Å². The van der Waals surface area contributed by atoms with Crippen LogP contribution in [-0.4, -0.2) is 6.04 Å². The van der Waals surface area contributed by atoms with Crippen LogP contribution in [0.2, 0.25) is 0 Å². The van der Waals surface area contributed by atoms with Crippen LogP contribution in [0.4, 0.5) is 5.69 Å². The van der Waals surface area contributed by atoms with E-state index in [-0.39, 0.29) is 0 Å². The monoisotopic (exact) mass is 358 g/mol. The lowest BCUT2D eigenvalue weighted by atomic mass is 9.86. The zero-order valence-corrected chi connectivity index (χ0v) is 15.6. The third kappa shape index (κ3) is 4.18. The molecule has 1 aromatic carbocycles. The molecule has 0 radical (unpaired) electrons. The fourth-order valence-corrected chi connectivity index (χ4v) is 4.84. The van der Waals surface area contributed by atoms with Crippen LogP contribution >= 0.6 is 23.5 Å². The maximum Gasteiger partial charge on any atom is 0.0991 e. The van der Waals surface area contributed by atoms with Gasteiger partial charge in [-0.05, 0) is 80.0 Å². The van der Waals surface area contributed by atoms with Crippen molar-refractivity contribution in [1.29, 1.82) is 5.26 Å². The Balaban J connectivity index is 1.86. The van der Waals surface area contributed by atoms with Gasteiger partial charge in [0, 0.05) is 21.7 Å². The Morgan fingerprint density at radius 3 is 2.50 bits per heavy atom. The molecule has 4 heteroatoms. The Labute approximate surface area is 154 Å². The van der Waals surface area contributed by atoms with Crippen LogP contribution in [-0.2, 0) is 0 Å². The van der Waals surface area contributed by atoms with Crippen LogP contribution in [0.25, 0.3) is 0 Å². The first-order valence-corrected chi connectivity index (χ1v) is 9.85. The van der Waals surface area contributed by atoms with Crippen molar-refractivity contribution in [3.8, 4) is 6.07 Å². The third-order valence-corrected chi connectivity index (χ3v) is 6.46. The summed E-state index contributed by atoms with van der Waals surface area (Å²) in [5, 5.41) is 9.99. The molecule has 0 N–H and O–H groups in total. The molecule has 0 bridgehead atoms. The minimum absolute atomic E-state index is 0.541. The van der Waals surface area contributed by atoms with E-state index in [9.17, 15) is 0 Å². The molecule has 0 aliphatic heterocycles. The summed E-state index contributed by atoms with van der Waals surface area (Å²) >= 11 is 7.96. The summed E-state index contributed by atoms with van der Waals surface area (Å²) in [4.78, 5) is 1.36. The van der Waals surface area contributed by atoms with Crippen LogP contribution < -0.4 is 4.31 Å². The molecule has 3 rings (SSSR count). The first kappa shape index (κ1) is 17.5. The minimum atomic E-state index is 0.541. The predicted octanol–water partition coefficient (Wildman–Crippen LogP) is 6.39. The highest BCUT2D eigenvalue weighted by molar-refractivity contribution is 8.04. The normalized spacial score (nSPS) is 23.9. The van der Waals surface area contributed by atoms with Gasteiger partial charge in [0.1, 0.15) is 0 Å². The van der Waals surface area contributed by atoms with E-state index in [1.54, 1.807) is 0 Å². The van der Waals surface area contributed by atoms with E-state index in [1.807, 2.05) is 30.2 Å². The SMILES string of the molecule is CC1CCCCC1N(SC1=CC=C(Cl)CC1)c1ccc(C#N)cc1. The predicted molar refractivity (Wildman–Crippen MR) is 104 cm³/mol. The van der Waals surface area contributed by atoms with Gasteiger partial charge < -0.3 is 4.31 Å². The standard InChI is InChI=1S/C20H23ClN2S/c1-15-4-2-3-5-20(15)23(18-10-6-16(14-22)7-11-18)24-19-12-8-17(21)9-13-19/h6-8,10-12,15,20H,2-5,9,13H2,1H3. The number of nitrogens with zero attached hydrogens (tertiary/aromatic N) is 2. The van der Waals surface area contributed by atoms with Crippen molar-refractivity contribution < 1.29 is 0 Å². The topological polar surface area (TPSA) is 27.0 Å². The highest BCUT2D eigenvalue weighted by atomic mass is 35.5. The van der Waals surface area contributed by atoms with Gasteiger partial charge in [0.2, 0.25) is 0 Å². The maximum atomic E-state index is 9.05. The van der Waals surface area contributed by atoms with Crippen LogP contribution in [0.15, 0.2) is 46.4 Å². The molecule has 0 spiro atoms. The van der Waals surface area contributed by atoms with Gasteiger partial charge in [-0.2, -0.15) is 5.26 Å². The van der Waals surface area contributed by atoms with Crippen LogP contribution in [0, 0.1) is 17.2 Å². The van der Waals surface area contributed by atoms with Gasteiger partial charge in [-0.25, -0.2) is 0 Å². The van der Waals surface area contributed by atoms with E-state index >= 15 is 0 Å². The Hall–Kier alpha value is -1.37. The van der Waals surface area contributed by atoms with Gasteiger partial charge in [-0.3, -0.25) is 0 Å². The Morgan fingerprint density at radius 2 is 1.88 bits per heavy atom. The lowest BCUT2D eigenvalue weighted by Gasteiger charge is -2.39. The smallest absolute Gasteiger partial charge is 0.0991 e. The van der Waals surface area contributed by atoms with Gasteiger partial charge in [-0.15, -0.1) is 0 Å². The Kier molecular flexibility index (Phi) is 5.92. The molecule has 0 aromatic heterocycles. The fourth-order valence-electron chi connectivity index (χ4n) is 3.43. The molecular formula is C20H23ClN2S. The molecule has 1 saturated carbocycles. The molecule has 24 heavy (non-hydrogen) atoms. The van der Waals surface area contributed by atoms with Crippen molar-refractivity contribution in [2.75, 3.05) is 4.31 Å². The molecule has 2 unspecified atom stereocenters. The van der Waals surface area contributed by atoms with E-state index in [1.165, 1.54) is 36.3 Å². The largest absolute Gasteiger partial charge is 0.309 e. The molecule has 2 aliphatic rings. The second-order valence-electron chi connectivity index (χ2n) is 6.65. The van der Waals surface area contributed by atoms with Gasteiger partial charge in [0.05, 0.1) is 11.6 Å². The third-order valence-electron chi connectivity index (χ3n) is 4.89. The first-order valence-electron chi connectivity index (χ1n) is 8.70. The molecule has 2 aliphatic carbocycles. The number of hydrogen-bond donors (Lipinski definition) is 0. The lowest BCUT2D eigenvalue weighted by molar-refractivity contribution is 0.336. The number of nitriles is 1. The van der Waals surface area contributed by atoms with Crippen molar-refractivity contribution in [1.82, 2.24) is 0 Å². The van der Waals surface area contributed by atoms with Crippen molar-refractivity contribution in [2.45, 2.75) is 51.5 Å². The maximum absolute atomic E-state index is 9.05. The zero-order chi connectivity index (χ0) is 16.9. The summed E-state index contributed by atoms with van der Waals surface area (Å²) in [5.41, 5.74) is 1.91. The number of hydrogen-bond acceptors (Lipinski definition) is 3. The summed E-state index contributed by atoms with van der Waals surface area (Å²) < 4.78 is 2.48. The molecule has 0 heterocycles. The lowest BCUT2D eigenvalue weighted by Crippen LogP contribution is -2.37. The fraction of sp³-hybridized carbons (Fsp3) is 0.450. The number of rotatable bonds is 4. The summed E-state index contributed by atoms with van der Waals surface area (Å²) in [6.07, 6.45) is 11.3. The first-order chi connectivity index (χ1) is 11.7. The number of allylic oxidation sites excluding steroid dienone is 4. The van der Waals surface area contributed by atoms with Crippen molar-refractivity contribution >= 4 is 29.2 Å². The molecule has 1 fully saturated rings. The van der Waals surface area contributed by atoms with Crippen LogP contribution in [0.1, 0.15) is 51.0 Å². The van der Waals surface area contributed by atoms with Gasteiger partial charge in [-0.1, -0.05) is 31.4 Å². The second kappa shape index (κ2) is 8.14. The van der Waals surface area contributed by atoms with Gasteiger partial charge in [0.15, 0.2) is 0 Å². The molecule has 126 valence electrons. The second-order valence-corrected chi connectivity index (χ2v) is 8.24. The molecule has 0 amide bonds. The summed E-state index contributed by atoms with van der Waals surface area (Å²) in [7, 11) is 0. The van der Waals surface area contributed by atoms with E-state index < -0.39 is 0 Å². The molecule has 0 saturated heterocycles. The van der Waals surface area contributed by atoms with Gasteiger partial charge >= 0.3 is 0 Å². The quantitative estimate of drug-likeness (QED) is 0.583. The summed E-state index contributed by atoms with van der Waals surface area (Å²) in [5.74, 6) is 0.685. The van der Waals surface area contributed by atoms with Gasteiger partial charge in [0.25, 0.3) is 0 Å². The highest BCUT2D eigenvalue weighted by Gasteiger charge is 2.29. The van der Waals surface area contributed by atoms with E-state index in [0.717, 1.165) is 17.9 Å². The number of benzene rings is 1. The van der Waals surface area contributed by atoms with E-state index in [2.05, 4.69) is 35.5 Å². The molecular weight excluding hydrogens is 336 g/mol. The summed E-state index contributed by atoms with van der Waals surface area (Å²) in [6.45, 7) is 2.37. The molecule has 2 atom stereocenters. The average molecular weight is 359 g/mol. The minimum Gasteiger partial charge on any atom is -0.309 e. The van der Waals surface area contributed by atoms with E-state index in [0.29, 0.717) is 17.5 Å². The zero-order valence-electron chi connectivity index (χ0n) is 14.0. The summed E-state index contributed by atoms with van der Waals surface area (Å²) in [6, 6.07) is 10.8. The number of anilines is 1. The Morgan fingerprint density at radius 1 is 1.12 bits per heavy atom. The van der Waals surface area contributed by atoms with Crippen molar-refractivity contribution in [2.24, 2.45) is 5.92 Å². The number of halogens is 1. The van der Waals surface area contributed by atoms with Crippen LogP contribution in [0.5, 0.6) is 0 Å². The van der Waals surface area contributed by atoms with E-state index in [4.69, 9.17) is 16.9 Å². The van der Waals surface area contributed by atoms with Crippen molar-refractivity contribution in [3.63, 3.8) is 0 Å². The highest BCUT2D eigenvalue weighted by Crippen LogP contribution is 2.40.